The first-order valence-electron chi connectivity index (χ1n) is 7.45. The Morgan fingerprint density at radius 2 is 2.11 bits per heavy atom. The van der Waals surface area contributed by atoms with Gasteiger partial charge in [-0.1, -0.05) is 26.7 Å². The van der Waals surface area contributed by atoms with Crippen molar-refractivity contribution in [3.8, 4) is 0 Å². The van der Waals surface area contributed by atoms with Crippen molar-refractivity contribution >= 4 is 11.4 Å². The SMILES string of the molecule is CC(C)C1CCCC(Nc2cnccc2N(C)C)C1. The third kappa shape index (κ3) is 3.62. The second-order valence-corrected chi connectivity index (χ2v) is 6.30. The number of nitrogens with zero attached hydrogens (tertiary/aromatic N) is 2. The molecule has 1 fully saturated rings. The van der Waals surface area contributed by atoms with Crippen molar-refractivity contribution in [3.05, 3.63) is 18.5 Å². The molecule has 1 N–H and O–H groups in total. The Bertz CT molecular complexity index is 401. The molecule has 2 unspecified atom stereocenters. The molecular weight excluding hydrogens is 234 g/mol. The van der Waals surface area contributed by atoms with Gasteiger partial charge >= 0.3 is 0 Å². The van der Waals surface area contributed by atoms with Gasteiger partial charge in [-0.3, -0.25) is 4.98 Å². The highest BCUT2D eigenvalue weighted by atomic mass is 15.1. The molecule has 0 radical (unpaired) electrons. The van der Waals surface area contributed by atoms with E-state index in [1.54, 1.807) is 0 Å². The smallest absolute Gasteiger partial charge is 0.0766 e. The molecule has 1 heterocycles. The lowest BCUT2D eigenvalue weighted by atomic mass is 9.79. The molecule has 1 aliphatic rings. The Morgan fingerprint density at radius 3 is 2.79 bits per heavy atom. The van der Waals surface area contributed by atoms with E-state index in [1.807, 2.05) is 12.4 Å². The molecule has 0 amide bonds. The first kappa shape index (κ1) is 14.2. The summed E-state index contributed by atoms with van der Waals surface area (Å²) >= 11 is 0. The van der Waals surface area contributed by atoms with Crippen LogP contribution < -0.4 is 10.2 Å². The molecule has 3 heteroatoms. The summed E-state index contributed by atoms with van der Waals surface area (Å²) in [6.07, 6.45) is 9.12. The number of nitrogens with one attached hydrogen (secondary N) is 1. The van der Waals surface area contributed by atoms with Gasteiger partial charge in [-0.2, -0.15) is 0 Å². The normalized spacial score (nSPS) is 23.4. The van der Waals surface area contributed by atoms with Crippen LogP contribution in [0.1, 0.15) is 39.5 Å². The van der Waals surface area contributed by atoms with Crippen molar-refractivity contribution in [1.29, 1.82) is 0 Å². The van der Waals surface area contributed by atoms with Crippen molar-refractivity contribution in [2.45, 2.75) is 45.6 Å². The second kappa shape index (κ2) is 6.27. The van der Waals surface area contributed by atoms with Crippen molar-refractivity contribution in [1.82, 2.24) is 4.98 Å². The van der Waals surface area contributed by atoms with E-state index in [0.29, 0.717) is 6.04 Å². The van der Waals surface area contributed by atoms with Crippen LogP contribution in [-0.4, -0.2) is 25.1 Å². The summed E-state index contributed by atoms with van der Waals surface area (Å²) in [5.41, 5.74) is 2.39. The Labute approximate surface area is 117 Å². The molecule has 1 aliphatic carbocycles. The maximum atomic E-state index is 4.26. The van der Waals surface area contributed by atoms with Crippen molar-refractivity contribution in [3.63, 3.8) is 0 Å². The van der Waals surface area contributed by atoms with Crippen molar-refractivity contribution < 1.29 is 0 Å². The predicted molar refractivity (Wildman–Crippen MR) is 82.8 cm³/mol. The van der Waals surface area contributed by atoms with Crippen LogP contribution in [0.15, 0.2) is 18.5 Å². The van der Waals surface area contributed by atoms with E-state index in [4.69, 9.17) is 0 Å². The molecule has 1 saturated carbocycles. The zero-order valence-corrected chi connectivity index (χ0v) is 12.7. The second-order valence-electron chi connectivity index (χ2n) is 6.30. The fourth-order valence-electron chi connectivity index (χ4n) is 3.07. The van der Waals surface area contributed by atoms with Crippen LogP contribution in [0.2, 0.25) is 0 Å². The Kier molecular flexibility index (Phi) is 4.67. The summed E-state index contributed by atoms with van der Waals surface area (Å²) in [4.78, 5) is 6.40. The Morgan fingerprint density at radius 1 is 1.32 bits per heavy atom. The van der Waals surface area contributed by atoms with Gasteiger partial charge in [0.05, 0.1) is 17.6 Å². The molecule has 0 aliphatic heterocycles. The van der Waals surface area contributed by atoms with E-state index in [0.717, 1.165) is 11.8 Å². The first-order chi connectivity index (χ1) is 9.08. The predicted octanol–water partition coefficient (Wildman–Crippen LogP) is 3.77. The molecular formula is C16H27N3. The lowest BCUT2D eigenvalue weighted by molar-refractivity contribution is 0.264. The average molecular weight is 261 g/mol. The van der Waals surface area contributed by atoms with Gasteiger partial charge in [-0.15, -0.1) is 0 Å². The maximum Gasteiger partial charge on any atom is 0.0766 e. The minimum absolute atomic E-state index is 0.601. The van der Waals surface area contributed by atoms with Gasteiger partial charge in [-0.05, 0) is 30.7 Å². The number of aromatic nitrogens is 1. The highest BCUT2D eigenvalue weighted by Crippen LogP contribution is 2.33. The van der Waals surface area contributed by atoms with Crippen molar-refractivity contribution in [2.75, 3.05) is 24.3 Å². The van der Waals surface area contributed by atoms with E-state index in [9.17, 15) is 0 Å². The quantitative estimate of drug-likeness (QED) is 0.894. The number of hydrogen-bond donors (Lipinski definition) is 1. The largest absolute Gasteiger partial charge is 0.379 e. The molecule has 0 spiro atoms. The minimum atomic E-state index is 0.601. The van der Waals surface area contributed by atoms with E-state index >= 15 is 0 Å². The maximum absolute atomic E-state index is 4.26. The summed E-state index contributed by atoms with van der Waals surface area (Å²) in [5, 5.41) is 3.71. The summed E-state index contributed by atoms with van der Waals surface area (Å²) in [5.74, 6) is 1.66. The van der Waals surface area contributed by atoms with Crippen molar-refractivity contribution in [2.24, 2.45) is 11.8 Å². The summed E-state index contributed by atoms with van der Waals surface area (Å²) in [6, 6.07) is 2.68. The summed E-state index contributed by atoms with van der Waals surface area (Å²) in [6.45, 7) is 4.70. The Balaban J connectivity index is 2.04. The third-order valence-corrected chi connectivity index (χ3v) is 4.30. The molecule has 1 aromatic heterocycles. The number of anilines is 2. The van der Waals surface area contributed by atoms with E-state index in [1.165, 1.54) is 37.1 Å². The van der Waals surface area contributed by atoms with E-state index < -0.39 is 0 Å². The molecule has 0 bridgehead atoms. The molecule has 0 aromatic carbocycles. The Hall–Kier alpha value is -1.25. The standard InChI is InChI=1S/C16H27N3/c1-12(2)13-6-5-7-14(10-13)18-15-11-17-9-8-16(15)19(3)4/h8-9,11-14,18H,5-7,10H2,1-4H3. The van der Waals surface area contributed by atoms with Crippen LogP contribution in [0.3, 0.4) is 0 Å². The number of pyridine rings is 1. The molecule has 1 aromatic rings. The fourth-order valence-corrected chi connectivity index (χ4v) is 3.07. The third-order valence-electron chi connectivity index (χ3n) is 4.30. The van der Waals surface area contributed by atoms with Crippen LogP contribution in [0.5, 0.6) is 0 Å². The van der Waals surface area contributed by atoms with Gasteiger partial charge in [0.25, 0.3) is 0 Å². The van der Waals surface area contributed by atoms with Gasteiger partial charge in [0.15, 0.2) is 0 Å². The zero-order chi connectivity index (χ0) is 13.8. The van der Waals surface area contributed by atoms with Crippen LogP contribution in [-0.2, 0) is 0 Å². The molecule has 3 nitrogen and oxygen atoms in total. The highest BCUT2D eigenvalue weighted by Gasteiger charge is 2.24. The van der Waals surface area contributed by atoms with Crippen LogP contribution in [0.25, 0.3) is 0 Å². The van der Waals surface area contributed by atoms with Gasteiger partial charge in [0.2, 0.25) is 0 Å². The lowest BCUT2D eigenvalue weighted by Gasteiger charge is -2.33. The molecule has 19 heavy (non-hydrogen) atoms. The first-order valence-corrected chi connectivity index (χ1v) is 7.45. The van der Waals surface area contributed by atoms with Gasteiger partial charge < -0.3 is 10.2 Å². The lowest BCUT2D eigenvalue weighted by Crippen LogP contribution is -2.30. The summed E-state index contributed by atoms with van der Waals surface area (Å²) < 4.78 is 0. The monoisotopic (exact) mass is 261 g/mol. The molecule has 2 rings (SSSR count). The fraction of sp³-hybridized carbons (Fsp3) is 0.688. The minimum Gasteiger partial charge on any atom is -0.379 e. The van der Waals surface area contributed by atoms with Gasteiger partial charge in [-0.25, -0.2) is 0 Å². The van der Waals surface area contributed by atoms with E-state index in [-0.39, 0.29) is 0 Å². The topological polar surface area (TPSA) is 28.2 Å². The van der Waals surface area contributed by atoms with E-state index in [2.05, 4.69) is 49.2 Å². The van der Waals surface area contributed by atoms with Crippen LogP contribution in [0.4, 0.5) is 11.4 Å². The number of rotatable bonds is 4. The van der Waals surface area contributed by atoms with Crippen LogP contribution in [0, 0.1) is 11.8 Å². The highest BCUT2D eigenvalue weighted by molar-refractivity contribution is 5.68. The summed E-state index contributed by atoms with van der Waals surface area (Å²) in [7, 11) is 4.16. The van der Waals surface area contributed by atoms with Crippen LogP contribution >= 0.6 is 0 Å². The zero-order valence-electron chi connectivity index (χ0n) is 12.7. The molecule has 2 atom stereocenters. The molecule has 0 saturated heterocycles. The van der Waals surface area contributed by atoms with Gasteiger partial charge in [0.1, 0.15) is 0 Å². The number of hydrogen-bond acceptors (Lipinski definition) is 3. The van der Waals surface area contributed by atoms with Gasteiger partial charge in [0, 0.05) is 26.3 Å². The average Bonchev–Trinajstić information content (AvgIpc) is 2.39. The molecule has 106 valence electrons.